The molecule has 0 aliphatic carbocycles. The molecule has 30 heavy (non-hydrogen) atoms. The third-order valence-corrected chi connectivity index (χ3v) is 6.49. The maximum atomic E-state index is 12.4. The van der Waals surface area contributed by atoms with Gasteiger partial charge >= 0.3 is 0 Å². The van der Waals surface area contributed by atoms with Crippen molar-refractivity contribution in [3.63, 3.8) is 0 Å². The number of thioether (sulfide) groups is 1. The number of carbonyl (C=O) groups excluding carboxylic acids is 1. The number of nitrogens with two attached hydrogens (primary N) is 1. The van der Waals surface area contributed by atoms with E-state index in [1.54, 1.807) is 0 Å². The monoisotopic (exact) mass is 433 g/mol. The highest BCUT2D eigenvalue weighted by atomic mass is 32.2. The van der Waals surface area contributed by atoms with E-state index in [0.717, 1.165) is 21.7 Å². The molecule has 0 atom stereocenters. The van der Waals surface area contributed by atoms with Crippen molar-refractivity contribution in [2.45, 2.75) is 25.3 Å². The molecule has 0 aliphatic heterocycles. The smallest absolute Gasteiger partial charge is 0.225 e. The number of hydrogen-bond acceptors (Lipinski definition) is 7. The highest BCUT2D eigenvalue weighted by Crippen LogP contribution is 2.37. The van der Waals surface area contributed by atoms with E-state index >= 15 is 0 Å². The zero-order valence-electron chi connectivity index (χ0n) is 16.5. The standard InChI is InChI=1S/C22H19N5OS2/c1-13-5-3-6-17(14(13)2)26-19(28)8-10-30-22-16(12-24)20(18-7-4-9-29-18)15(11-23)21(25)27-22/h3-7,9H,8,10H2,1-2H3,(H2,25,27)(H,26,28). The molecule has 0 spiro atoms. The number of benzene rings is 1. The Morgan fingerprint density at radius 2 is 1.97 bits per heavy atom. The topological polar surface area (TPSA) is 116 Å². The second-order valence-electron chi connectivity index (χ2n) is 6.52. The average molecular weight is 434 g/mol. The summed E-state index contributed by atoms with van der Waals surface area (Å²) in [5, 5.41) is 24.5. The van der Waals surface area contributed by atoms with Crippen molar-refractivity contribution in [3.05, 3.63) is 58.0 Å². The zero-order chi connectivity index (χ0) is 21.7. The second-order valence-corrected chi connectivity index (χ2v) is 8.55. The molecule has 2 aromatic heterocycles. The number of thiophene rings is 1. The van der Waals surface area contributed by atoms with E-state index in [4.69, 9.17) is 5.73 Å². The third-order valence-electron chi connectivity index (χ3n) is 4.63. The van der Waals surface area contributed by atoms with Gasteiger partial charge in [-0.25, -0.2) is 4.98 Å². The number of hydrogen-bond donors (Lipinski definition) is 2. The number of nitriles is 2. The number of nitrogens with zero attached hydrogens (tertiary/aromatic N) is 3. The number of nitrogens with one attached hydrogen (secondary N) is 1. The fraction of sp³-hybridized carbons (Fsp3) is 0.182. The highest BCUT2D eigenvalue weighted by molar-refractivity contribution is 7.99. The van der Waals surface area contributed by atoms with Gasteiger partial charge in [0.2, 0.25) is 5.91 Å². The Balaban J connectivity index is 1.77. The molecule has 3 aromatic rings. The van der Waals surface area contributed by atoms with E-state index in [0.29, 0.717) is 21.9 Å². The summed E-state index contributed by atoms with van der Waals surface area (Å²) < 4.78 is 0. The molecule has 0 saturated heterocycles. The van der Waals surface area contributed by atoms with E-state index in [9.17, 15) is 15.3 Å². The minimum Gasteiger partial charge on any atom is -0.383 e. The van der Waals surface area contributed by atoms with Crippen LogP contribution >= 0.6 is 23.1 Å². The van der Waals surface area contributed by atoms with E-state index in [-0.39, 0.29) is 23.7 Å². The van der Waals surface area contributed by atoms with Gasteiger partial charge in [0.05, 0.1) is 5.56 Å². The van der Waals surface area contributed by atoms with Gasteiger partial charge < -0.3 is 11.1 Å². The summed E-state index contributed by atoms with van der Waals surface area (Å²) in [6.07, 6.45) is 0.249. The van der Waals surface area contributed by atoms with Crippen molar-refractivity contribution < 1.29 is 4.79 Å². The Bertz CT molecular complexity index is 1170. The number of carbonyl (C=O) groups is 1. The average Bonchev–Trinajstić information content (AvgIpc) is 3.25. The Morgan fingerprint density at radius 1 is 1.20 bits per heavy atom. The quantitative estimate of drug-likeness (QED) is 0.536. The summed E-state index contributed by atoms with van der Waals surface area (Å²) in [7, 11) is 0. The predicted molar refractivity (Wildman–Crippen MR) is 121 cm³/mol. The van der Waals surface area contributed by atoms with Crippen LogP contribution in [0.25, 0.3) is 10.4 Å². The number of anilines is 2. The zero-order valence-corrected chi connectivity index (χ0v) is 18.2. The first-order valence-electron chi connectivity index (χ1n) is 9.12. The molecule has 0 aliphatic rings. The van der Waals surface area contributed by atoms with Gasteiger partial charge in [0, 0.05) is 28.3 Å². The van der Waals surface area contributed by atoms with Crippen molar-refractivity contribution in [2.24, 2.45) is 0 Å². The van der Waals surface area contributed by atoms with Gasteiger partial charge in [-0.1, -0.05) is 18.2 Å². The van der Waals surface area contributed by atoms with Crippen LogP contribution in [0.4, 0.5) is 11.5 Å². The van der Waals surface area contributed by atoms with E-state index in [2.05, 4.69) is 22.4 Å². The van der Waals surface area contributed by atoms with Gasteiger partial charge in [-0.3, -0.25) is 4.79 Å². The number of pyridine rings is 1. The molecule has 1 amide bonds. The van der Waals surface area contributed by atoms with Crippen LogP contribution in [-0.2, 0) is 4.79 Å². The molecule has 0 fully saturated rings. The van der Waals surface area contributed by atoms with Crippen molar-refractivity contribution in [1.82, 2.24) is 4.98 Å². The number of aryl methyl sites for hydroxylation is 1. The van der Waals surface area contributed by atoms with E-state index in [1.165, 1.54) is 23.1 Å². The summed E-state index contributed by atoms with van der Waals surface area (Å²) >= 11 is 2.71. The summed E-state index contributed by atoms with van der Waals surface area (Å²) in [5.41, 5.74) is 9.95. The lowest BCUT2D eigenvalue weighted by atomic mass is 10.0. The fourth-order valence-corrected chi connectivity index (χ4v) is 4.63. The molecule has 1 aromatic carbocycles. The lowest BCUT2D eigenvalue weighted by molar-refractivity contribution is -0.115. The minimum absolute atomic E-state index is 0.0854. The minimum atomic E-state index is -0.116. The molecule has 3 rings (SSSR count). The third kappa shape index (κ3) is 4.46. The number of rotatable bonds is 6. The number of aromatic nitrogens is 1. The summed E-state index contributed by atoms with van der Waals surface area (Å²) in [4.78, 5) is 17.4. The van der Waals surface area contributed by atoms with Gasteiger partial charge in [-0.2, -0.15) is 10.5 Å². The molecular weight excluding hydrogens is 414 g/mol. The Kier molecular flexibility index (Phi) is 6.73. The molecule has 8 heteroatoms. The van der Waals surface area contributed by atoms with Crippen molar-refractivity contribution in [3.8, 4) is 22.6 Å². The Hall–Kier alpha value is -3.33. The SMILES string of the molecule is Cc1cccc(NC(=O)CCSc2nc(N)c(C#N)c(-c3cccs3)c2C#N)c1C. The Morgan fingerprint density at radius 3 is 2.63 bits per heavy atom. The van der Waals surface area contributed by atoms with Crippen LogP contribution in [0.2, 0.25) is 0 Å². The van der Waals surface area contributed by atoms with Crippen LogP contribution in [0, 0.1) is 36.5 Å². The molecule has 0 radical (unpaired) electrons. The van der Waals surface area contributed by atoms with Crippen LogP contribution in [0.15, 0.2) is 40.7 Å². The van der Waals surface area contributed by atoms with E-state index in [1.807, 2.05) is 49.6 Å². The van der Waals surface area contributed by atoms with Crippen LogP contribution in [0.5, 0.6) is 0 Å². The van der Waals surface area contributed by atoms with Crippen LogP contribution < -0.4 is 11.1 Å². The molecule has 0 saturated carbocycles. The summed E-state index contributed by atoms with van der Waals surface area (Å²) in [6.45, 7) is 3.96. The molecule has 0 bridgehead atoms. The van der Waals surface area contributed by atoms with E-state index < -0.39 is 0 Å². The Labute approximate surface area is 183 Å². The van der Waals surface area contributed by atoms with Gasteiger partial charge in [0.1, 0.15) is 28.5 Å². The van der Waals surface area contributed by atoms with Crippen molar-refractivity contribution >= 4 is 40.5 Å². The first-order valence-corrected chi connectivity index (χ1v) is 11.0. The maximum Gasteiger partial charge on any atom is 0.225 e. The van der Waals surface area contributed by atoms with Gasteiger partial charge in [-0.05, 0) is 42.5 Å². The van der Waals surface area contributed by atoms with Crippen molar-refractivity contribution in [1.29, 1.82) is 10.5 Å². The normalized spacial score (nSPS) is 10.3. The molecule has 0 unspecified atom stereocenters. The van der Waals surface area contributed by atoms with Crippen LogP contribution in [0.1, 0.15) is 28.7 Å². The second kappa shape index (κ2) is 9.45. The first-order chi connectivity index (χ1) is 14.5. The molecule has 3 N–H and O–H groups in total. The number of nitrogen functional groups attached to an aromatic ring is 1. The first kappa shape index (κ1) is 21.4. The van der Waals surface area contributed by atoms with Crippen LogP contribution in [-0.4, -0.2) is 16.6 Å². The van der Waals surface area contributed by atoms with Gasteiger partial charge in [0.25, 0.3) is 0 Å². The highest BCUT2D eigenvalue weighted by Gasteiger charge is 2.21. The molecule has 150 valence electrons. The number of amides is 1. The molecular formula is C22H19N5OS2. The van der Waals surface area contributed by atoms with Gasteiger partial charge in [-0.15, -0.1) is 23.1 Å². The predicted octanol–water partition coefficient (Wildman–Crippen LogP) is 4.87. The lowest BCUT2D eigenvalue weighted by Crippen LogP contribution is -2.13. The summed E-state index contributed by atoms with van der Waals surface area (Å²) in [5.74, 6) is 0.394. The molecule has 6 nitrogen and oxygen atoms in total. The lowest BCUT2D eigenvalue weighted by Gasteiger charge is -2.12. The van der Waals surface area contributed by atoms with Crippen LogP contribution in [0.3, 0.4) is 0 Å². The van der Waals surface area contributed by atoms with Crippen molar-refractivity contribution in [2.75, 3.05) is 16.8 Å². The fourth-order valence-electron chi connectivity index (χ4n) is 2.91. The van der Waals surface area contributed by atoms with Gasteiger partial charge in [0.15, 0.2) is 0 Å². The molecule has 2 heterocycles. The maximum absolute atomic E-state index is 12.4. The summed E-state index contributed by atoms with van der Waals surface area (Å²) in [6, 6.07) is 13.7. The largest absolute Gasteiger partial charge is 0.383 e.